The summed E-state index contributed by atoms with van der Waals surface area (Å²) in [5, 5.41) is 3.13. The summed E-state index contributed by atoms with van der Waals surface area (Å²) < 4.78 is 27.6. The van der Waals surface area contributed by atoms with Crippen molar-refractivity contribution in [2.45, 2.75) is 56.4 Å². The van der Waals surface area contributed by atoms with E-state index in [0.717, 1.165) is 38.6 Å². The first kappa shape index (κ1) is 15.3. The largest absolute Gasteiger partial charge is 0.370 e. The average molecular weight is 297 g/mol. The highest BCUT2D eigenvalue weighted by molar-refractivity contribution is 7.89. The van der Waals surface area contributed by atoms with Gasteiger partial charge in [-0.05, 0) is 44.2 Å². The van der Waals surface area contributed by atoms with Crippen molar-refractivity contribution in [3.63, 3.8) is 0 Å². The zero-order valence-electron chi connectivity index (χ0n) is 12.1. The molecule has 112 valence electrons. The summed E-state index contributed by atoms with van der Waals surface area (Å²) in [6, 6.07) is 3.32. The van der Waals surface area contributed by atoms with Crippen molar-refractivity contribution in [1.29, 1.82) is 0 Å². The van der Waals surface area contributed by atoms with Crippen LogP contribution >= 0.6 is 0 Å². The fourth-order valence-corrected chi connectivity index (χ4v) is 3.85. The van der Waals surface area contributed by atoms with Gasteiger partial charge in [-0.3, -0.25) is 0 Å². The summed E-state index contributed by atoms with van der Waals surface area (Å²) in [7, 11) is -3.47. The van der Waals surface area contributed by atoms with Crippen molar-refractivity contribution < 1.29 is 8.42 Å². The normalized spacial score (nSPS) is 17.5. The van der Waals surface area contributed by atoms with Gasteiger partial charge in [0.2, 0.25) is 10.0 Å². The number of pyridine rings is 1. The number of nitrogens with one attached hydrogen (secondary N) is 2. The molecule has 1 saturated carbocycles. The van der Waals surface area contributed by atoms with Crippen LogP contribution in [0.3, 0.4) is 0 Å². The highest BCUT2D eigenvalue weighted by Crippen LogP contribution is 2.36. The Morgan fingerprint density at radius 3 is 2.50 bits per heavy atom. The second-order valence-electron chi connectivity index (χ2n) is 5.40. The van der Waals surface area contributed by atoms with Gasteiger partial charge in [-0.2, -0.15) is 0 Å². The second-order valence-corrected chi connectivity index (χ2v) is 7.08. The van der Waals surface area contributed by atoms with E-state index in [1.165, 1.54) is 6.20 Å². The molecule has 6 heteroatoms. The Hall–Kier alpha value is -1.14. The minimum absolute atomic E-state index is 0.235. The number of hydrogen-bond donors (Lipinski definition) is 2. The van der Waals surface area contributed by atoms with E-state index in [-0.39, 0.29) is 10.4 Å². The quantitative estimate of drug-likeness (QED) is 0.811. The smallest absolute Gasteiger partial charge is 0.242 e. The van der Waals surface area contributed by atoms with E-state index in [0.29, 0.717) is 5.82 Å². The lowest BCUT2D eigenvalue weighted by Gasteiger charge is -2.41. The van der Waals surface area contributed by atoms with Crippen LogP contribution in [0.25, 0.3) is 0 Å². The van der Waals surface area contributed by atoms with Gasteiger partial charge in [0.1, 0.15) is 10.7 Å². The first-order valence-corrected chi connectivity index (χ1v) is 8.73. The van der Waals surface area contributed by atoms with Crippen molar-refractivity contribution in [1.82, 2.24) is 9.71 Å². The van der Waals surface area contributed by atoms with Gasteiger partial charge < -0.3 is 5.32 Å². The monoisotopic (exact) mass is 297 g/mol. The summed E-state index contributed by atoms with van der Waals surface area (Å²) in [6.07, 6.45) is 6.19. The Kier molecular flexibility index (Phi) is 4.65. The van der Waals surface area contributed by atoms with Crippen LogP contribution in [-0.2, 0) is 10.0 Å². The van der Waals surface area contributed by atoms with Crippen LogP contribution < -0.4 is 10.0 Å². The van der Waals surface area contributed by atoms with Crippen LogP contribution in [0.4, 0.5) is 5.82 Å². The van der Waals surface area contributed by atoms with E-state index in [1.54, 1.807) is 12.1 Å². The Morgan fingerprint density at radius 2 is 2.05 bits per heavy atom. The molecule has 20 heavy (non-hydrogen) atoms. The van der Waals surface area contributed by atoms with Gasteiger partial charge in [-0.1, -0.05) is 13.8 Å². The van der Waals surface area contributed by atoms with Crippen LogP contribution in [0, 0.1) is 0 Å². The van der Waals surface area contributed by atoms with Crippen LogP contribution in [0.15, 0.2) is 23.2 Å². The lowest BCUT2D eigenvalue weighted by molar-refractivity contribution is 0.214. The molecule has 0 aromatic carbocycles. The molecule has 0 amide bonds. The Labute approximate surface area is 121 Å². The maximum Gasteiger partial charge on any atom is 0.242 e. The zero-order chi connectivity index (χ0) is 14.6. The summed E-state index contributed by atoms with van der Waals surface area (Å²) in [5.74, 6) is 0.708. The van der Waals surface area contributed by atoms with Crippen molar-refractivity contribution >= 4 is 15.8 Å². The highest BCUT2D eigenvalue weighted by atomic mass is 32.2. The molecule has 0 aliphatic heterocycles. The Balaban J connectivity index is 2.09. The molecule has 1 aliphatic carbocycles. The third-order valence-electron chi connectivity index (χ3n) is 3.94. The van der Waals surface area contributed by atoms with Crippen molar-refractivity contribution in [2.75, 3.05) is 11.9 Å². The Morgan fingerprint density at radius 1 is 1.30 bits per heavy atom. The van der Waals surface area contributed by atoms with Gasteiger partial charge in [0, 0.05) is 18.3 Å². The summed E-state index contributed by atoms with van der Waals surface area (Å²) in [5.41, 5.74) is -0.238. The van der Waals surface area contributed by atoms with E-state index in [1.807, 2.05) is 6.92 Å². The first-order chi connectivity index (χ1) is 9.51. The van der Waals surface area contributed by atoms with E-state index < -0.39 is 10.0 Å². The molecule has 1 aliphatic rings. The molecule has 0 saturated heterocycles. The van der Waals surface area contributed by atoms with Crippen LogP contribution in [-0.4, -0.2) is 25.5 Å². The maximum atomic E-state index is 12.4. The van der Waals surface area contributed by atoms with Crippen LogP contribution in [0.2, 0.25) is 0 Å². The number of anilines is 1. The van der Waals surface area contributed by atoms with Crippen molar-refractivity contribution in [3.05, 3.63) is 18.3 Å². The molecular weight excluding hydrogens is 274 g/mol. The molecule has 0 spiro atoms. The zero-order valence-corrected chi connectivity index (χ0v) is 13.0. The third kappa shape index (κ3) is 3.30. The third-order valence-corrected chi connectivity index (χ3v) is 5.50. The molecule has 1 aromatic rings. The number of hydrogen-bond acceptors (Lipinski definition) is 4. The maximum absolute atomic E-state index is 12.4. The lowest BCUT2D eigenvalue weighted by Crippen LogP contribution is -2.52. The molecule has 2 rings (SSSR count). The van der Waals surface area contributed by atoms with Gasteiger partial charge in [0.15, 0.2) is 0 Å². The highest BCUT2D eigenvalue weighted by Gasteiger charge is 2.39. The minimum atomic E-state index is -3.47. The molecule has 2 N–H and O–H groups in total. The SMILES string of the molecule is CCCNc1ccc(S(=O)(=O)NC2(CC)CCC2)cn1. The van der Waals surface area contributed by atoms with Crippen molar-refractivity contribution in [2.24, 2.45) is 0 Å². The molecule has 1 aromatic heterocycles. The van der Waals surface area contributed by atoms with E-state index >= 15 is 0 Å². The van der Waals surface area contributed by atoms with Crippen LogP contribution in [0.1, 0.15) is 46.0 Å². The predicted octanol–water partition coefficient (Wildman–Crippen LogP) is 2.51. The molecule has 0 bridgehead atoms. The lowest BCUT2D eigenvalue weighted by atomic mass is 9.76. The van der Waals surface area contributed by atoms with Crippen LogP contribution in [0.5, 0.6) is 0 Å². The summed E-state index contributed by atoms with van der Waals surface area (Å²) >= 11 is 0. The molecule has 0 atom stereocenters. The summed E-state index contributed by atoms with van der Waals surface area (Å²) in [6.45, 7) is 4.92. The van der Waals surface area contributed by atoms with Gasteiger partial charge in [0.05, 0.1) is 0 Å². The average Bonchev–Trinajstić information content (AvgIpc) is 2.41. The number of nitrogens with zero attached hydrogens (tertiary/aromatic N) is 1. The first-order valence-electron chi connectivity index (χ1n) is 7.25. The van der Waals surface area contributed by atoms with Crippen molar-refractivity contribution in [3.8, 4) is 0 Å². The number of rotatable bonds is 7. The van der Waals surface area contributed by atoms with Gasteiger partial charge in [0.25, 0.3) is 0 Å². The molecule has 0 unspecified atom stereocenters. The second kappa shape index (κ2) is 6.10. The topological polar surface area (TPSA) is 71.1 Å². The van der Waals surface area contributed by atoms with Gasteiger partial charge in [-0.15, -0.1) is 0 Å². The molecular formula is C14H23N3O2S. The standard InChI is InChI=1S/C14H23N3O2S/c1-3-10-15-13-7-6-12(11-16-13)20(18,19)17-14(4-2)8-5-9-14/h6-7,11,17H,3-5,8-10H2,1-2H3,(H,15,16). The molecule has 1 heterocycles. The van der Waals surface area contributed by atoms with E-state index in [2.05, 4.69) is 21.9 Å². The fraction of sp³-hybridized carbons (Fsp3) is 0.643. The Bertz CT molecular complexity index is 531. The van der Waals surface area contributed by atoms with Gasteiger partial charge in [-0.25, -0.2) is 18.1 Å². The predicted molar refractivity (Wildman–Crippen MR) is 80.2 cm³/mol. The van der Waals surface area contributed by atoms with E-state index in [9.17, 15) is 8.42 Å². The molecule has 0 radical (unpaired) electrons. The van der Waals surface area contributed by atoms with E-state index in [4.69, 9.17) is 0 Å². The summed E-state index contributed by atoms with van der Waals surface area (Å²) in [4.78, 5) is 4.39. The number of aromatic nitrogens is 1. The number of sulfonamides is 1. The fourth-order valence-electron chi connectivity index (χ4n) is 2.37. The van der Waals surface area contributed by atoms with Gasteiger partial charge >= 0.3 is 0 Å². The molecule has 5 nitrogen and oxygen atoms in total. The molecule has 1 fully saturated rings. The minimum Gasteiger partial charge on any atom is -0.370 e.